The van der Waals surface area contributed by atoms with Crippen LogP contribution < -0.4 is 25.0 Å². The van der Waals surface area contributed by atoms with E-state index in [4.69, 9.17) is 0 Å². The number of nitrogens with zero attached hydrogens (tertiary/aromatic N) is 2. The lowest BCUT2D eigenvalue weighted by atomic mass is 9.82. The van der Waals surface area contributed by atoms with Crippen LogP contribution in [-0.2, 0) is 16.6 Å². The number of fused-ring (bicyclic) bond motifs is 5. The molecule has 0 atom stereocenters. The molecule has 0 bridgehead atoms. The monoisotopic (exact) mass is 682 g/mol. The highest BCUT2D eigenvalue weighted by molar-refractivity contribution is 7.85. The first-order valence-corrected chi connectivity index (χ1v) is 19.7. The van der Waals surface area contributed by atoms with E-state index in [0.717, 1.165) is 46.4 Å². The van der Waals surface area contributed by atoms with E-state index in [-0.39, 0.29) is 5.54 Å². The van der Waals surface area contributed by atoms with Crippen LogP contribution >= 0.6 is 7.14 Å². The Morgan fingerprint density at radius 2 is 1.25 bits per heavy atom. The summed E-state index contributed by atoms with van der Waals surface area (Å²) in [6.45, 7) is 7.57. The van der Waals surface area contributed by atoms with Crippen molar-refractivity contribution in [2.75, 3.05) is 0 Å². The first kappa shape index (κ1) is 32.8. The zero-order valence-corrected chi connectivity index (χ0v) is 30.4. The minimum atomic E-state index is -3.20. The summed E-state index contributed by atoms with van der Waals surface area (Å²) in [5.41, 5.74) is 8.17. The summed E-state index contributed by atoms with van der Waals surface area (Å²) in [5, 5.41) is 4.91. The van der Waals surface area contributed by atoms with Gasteiger partial charge in [-0.1, -0.05) is 123 Å². The van der Waals surface area contributed by atoms with Crippen LogP contribution in [0, 0.1) is 6.92 Å². The molecule has 0 fully saturated rings. The van der Waals surface area contributed by atoms with Gasteiger partial charge in [0.05, 0.1) is 16.5 Å². The van der Waals surface area contributed by atoms with Crippen molar-refractivity contribution >= 4 is 39.9 Å². The number of benzene rings is 5. The first-order valence-electron chi connectivity index (χ1n) is 18.0. The van der Waals surface area contributed by atoms with E-state index in [1.807, 2.05) is 60.7 Å². The van der Waals surface area contributed by atoms with E-state index >= 15 is 4.57 Å². The van der Waals surface area contributed by atoms with Crippen molar-refractivity contribution in [3.05, 3.63) is 181 Å². The Bertz CT molecular complexity index is 2420. The second-order valence-electron chi connectivity index (χ2n) is 13.6. The van der Waals surface area contributed by atoms with E-state index in [2.05, 4.69) is 139 Å². The summed E-state index contributed by atoms with van der Waals surface area (Å²) in [7, 11) is -3.20. The Kier molecular flexibility index (Phi) is 8.62. The third kappa shape index (κ3) is 5.48. The van der Waals surface area contributed by atoms with Gasteiger partial charge >= 0.3 is 0 Å². The van der Waals surface area contributed by atoms with Gasteiger partial charge in [0.25, 0.3) is 0 Å². The normalized spacial score (nSPS) is 13.6. The molecule has 0 saturated heterocycles. The Balaban J connectivity index is 1.41. The molecule has 0 amide bonds. The van der Waals surface area contributed by atoms with Gasteiger partial charge in [-0.25, -0.2) is 0 Å². The second kappa shape index (κ2) is 13.4. The van der Waals surface area contributed by atoms with Crippen LogP contribution in [0.25, 0.3) is 39.4 Å². The molecule has 3 heterocycles. The van der Waals surface area contributed by atoms with Crippen LogP contribution in [0.1, 0.15) is 37.8 Å². The van der Waals surface area contributed by atoms with Crippen molar-refractivity contribution in [3.63, 3.8) is 0 Å². The fourth-order valence-electron chi connectivity index (χ4n) is 8.26. The van der Waals surface area contributed by atoms with Gasteiger partial charge in [-0.15, -0.1) is 0 Å². The minimum Gasteiger partial charge on any atom is -0.309 e. The molecule has 4 heteroatoms. The molecule has 0 radical (unpaired) electrons. The molecule has 5 aromatic carbocycles. The predicted octanol–water partition coefficient (Wildman–Crippen LogP) is 9.31. The maximum atomic E-state index is 15.7. The average molecular weight is 683 g/mol. The molecule has 1 aliphatic heterocycles. The average Bonchev–Trinajstić information content (AvgIpc) is 3.30. The maximum Gasteiger partial charge on any atom is 0.221 e. The van der Waals surface area contributed by atoms with Gasteiger partial charge in [-0.2, -0.15) is 9.13 Å². The van der Waals surface area contributed by atoms with Crippen molar-refractivity contribution in [2.45, 2.75) is 45.7 Å². The van der Waals surface area contributed by atoms with E-state index < -0.39 is 7.14 Å². The molecule has 3 nitrogen and oxygen atoms in total. The molecule has 0 saturated carbocycles. The van der Waals surface area contributed by atoms with Gasteiger partial charge in [0.15, 0.2) is 31.6 Å². The smallest absolute Gasteiger partial charge is 0.221 e. The van der Waals surface area contributed by atoms with E-state index in [1.54, 1.807) is 0 Å². The Hall–Kier alpha value is -5.37. The fraction of sp³-hybridized carbons (Fsp3) is 0.149. The number of aromatic nitrogens is 2. The number of rotatable bonds is 8. The zero-order valence-electron chi connectivity index (χ0n) is 29.5. The van der Waals surface area contributed by atoms with Gasteiger partial charge in [0.1, 0.15) is 0 Å². The Morgan fingerprint density at radius 3 is 1.96 bits per heavy atom. The highest BCUT2D eigenvalue weighted by atomic mass is 31.2. The number of allylic oxidation sites excluding steroid dienone is 1. The summed E-state index contributed by atoms with van der Waals surface area (Å²) in [4.78, 5) is 0. The fourth-order valence-corrected chi connectivity index (χ4v) is 10.9. The molecular weight excluding hydrogens is 640 g/mol. The van der Waals surface area contributed by atoms with Gasteiger partial charge in [0, 0.05) is 52.5 Å². The molecule has 0 spiro atoms. The SMILES string of the molecule is CCC1(CC)C(C[n+]2ccccc2-c2ccccc2C)=Cc2ccc(P(=O)(c3ccccc3)c3ccccc3)cc2-c2c3ccccc3cc[n+]21. The van der Waals surface area contributed by atoms with Gasteiger partial charge in [0.2, 0.25) is 11.4 Å². The van der Waals surface area contributed by atoms with Crippen LogP contribution in [0.5, 0.6) is 0 Å². The highest BCUT2D eigenvalue weighted by Crippen LogP contribution is 2.45. The van der Waals surface area contributed by atoms with E-state index in [0.29, 0.717) is 0 Å². The summed E-state index contributed by atoms with van der Waals surface area (Å²) in [5.74, 6) is 0. The van der Waals surface area contributed by atoms with Crippen molar-refractivity contribution in [2.24, 2.45) is 0 Å². The molecule has 0 unspecified atom stereocenters. The third-order valence-electron chi connectivity index (χ3n) is 11.0. The Labute approximate surface area is 301 Å². The van der Waals surface area contributed by atoms with Crippen LogP contribution in [-0.4, -0.2) is 0 Å². The molecule has 8 rings (SSSR count). The molecule has 51 heavy (non-hydrogen) atoms. The predicted molar refractivity (Wildman–Crippen MR) is 212 cm³/mol. The van der Waals surface area contributed by atoms with Gasteiger partial charge < -0.3 is 4.57 Å². The number of aryl methyl sites for hydroxylation is 1. The first-order chi connectivity index (χ1) is 25.0. The molecule has 2 aromatic heterocycles. The van der Waals surface area contributed by atoms with Gasteiger partial charge in [-0.05, 0) is 53.8 Å². The maximum absolute atomic E-state index is 15.7. The second-order valence-corrected chi connectivity index (χ2v) is 16.4. The standard InChI is InChI=1S/C47H43N2OP/c1-4-47(5-2)38(34-48-30-17-16-26-45(48)42-24-14-12-18-35(42)3)32-37-27-28-41(33-44(37)46-43-25-15-13-19-36(43)29-31-49(46)47)51(50,39-20-8-6-9-21-39)40-22-10-7-11-23-40/h6-33H,4-5,34H2,1-3H3/q+2. The molecule has 0 N–H and O–H groups in total. The van der Waals surface area contributed by atoms with Crippen molar-refractivity contribution in [3.8, 4) is 22.5 Å². The quantitative estimate of drug-likeness (QED) is 0.116. The molecule has 0 aliphatic carbocycles. The molecule has 7 aromatic rings. The lowest BCUT2D eigenvalue weighted by Gasteiger charge is -2.29. The van der Waals surface area contributed by atoms with Gasteiger partial charge in [-0.3, -0.25) is 0 Å². The lowest BCUT2D eigenvalue weighted by molar-refractivity contribution is -0.754. The van der Waals surface area contributed by atoms with Crippen molar-refractivity contribution in [1.82, 2.24) is 0 Å². The van der Waals surface area contributed by atoms with Crippen molar-refractivity contribution in [1.29, 1.82) is 0 Å². The van der Waals surface area contributed by atoms with E-state index in [9.17, 15) is 0 Å². The summed E-state index contributed by atoms with van der Waals surface area (Å²) in [6, 6.07) is 52.7. The summed E-state index contributed by atoms with van der Waals surface area (Å²) >= 11 is 0. The molecule has 250 valence electrons. The third-order valence-corrected chi connectivity index (χ3v) is 14.1. The van der Waals surface area contributed by atoms with Crippen LogP contribution in [0.15, 0.2) is 170 Å². The Morgan fingerprint density at radius 1 is 0.608 bits per heavy atom. The minimum absolute atomic E-state index is 0.299. The largest absolute Gasteiger partial charge is 0.309 e. The number of hydrogen-bond donors (Lipinski definition) is 0. The van der Waals surface area contributed by atoms with Crippen molar-refractivity contribution < 1.29 is 13.7 Å². The van der Waals surface area contributed by atoms with Crippen LogP contribution in [0.2, 0.25) is 0 Å². The highest BCUT2D eigenvalue weighted by Gasteiger charge is 2.47. The molecule has 1 aliphatic rings. The zero-order chi connectivity index (χ0) is 35.0. The lowest BCUT2D eigenvalue weighted by Crippen LogP contribution is -2.59. The van der Waals surface area contributed by atoms with Crippen LogP contribution in [0.3, 0.4) is 0 Å². The molecular formula is C47H43N2OP+2. The topological polar surface area (TPSA) is 24.8 Å². The van der Waals surface area contributed by atoms with Crippen LogP contribution in [0.4, 0.5) is 0 Å². The number of pyridine rings is 2. The summed E-state index contributed by atoms with van der Waals surface area (Å²) < 4.78 is 20.6. The van der Waals surface area contributed by atoms with E-state index in [1.165, 1.54) is 38.9 Å². The number of hydrogen-bond acceptors (Lipinski definition) is 1. The summed E-state index contributed by atoms with van der Waals surface area (Å²) in [6.07, 6.45) is 8.80.